The quantitative estimate of drug-likeness (QED) is 0.685. The third-order valence-corrected chi connectivity index (χ3v) is 5.60. The fourth-order valence-corrected chi connectivity index (χ4v) is 3.96. The van der Waals surface area contributed by atoms with E-state index in [1.54, 1.807) is 36.4 Å². The number of hydrogen-bond acceptors (Lipinski definition) is 4. The van der Waals surface area contributed by atoms with Crippen molar-refractivity contribution in [3.05, 3.63) is 65.4 Å². The van der Waals surface area contributed by atoms with E-state index in [1.807, 2.05) is 19.9 Å². The van der Waals surface area contributed by atoms with Gasteiger partial charge in [0.25, 0.3) is 10.0 Å². The maximum atomic E-state index is 13.0. The first-order chi connectivity index (χ1) is 11.3. The Labute approximate surface area is 140 Å². The van der Waals surface area contributed by atoms with Crippen LogP contribution in [0, 0.1) is 13.8 Å². The lowest BCUT2D eigenvalue weighted by Crippen LogP contribution is -2.12. The van der Waals surface area contributed by atoms with Crippen LogP contribution >= 0.6 is 0 Å². The maximum absolute atomic E-state index is 13.0. The fraction of sp³-hybridized carbons (Fsp3) is 0.167. The summed E-state index contributed by atoms with van der Waals surface area (Å²) in [6.45, 7) is 3.76. The van der Waals surface area contributed by atoms with Crippen molar-refractivity contribution in [3.8, 4) is 0 Å². The molecule has 0 atom stereocenters. The van der Waals surface area contributed by atoms with Crippen LogP contribution in [0.15, 0.2) is 53.6 Å². The first-order valence-electron chi connectivity index (χ1n) is 7.37. The van der Waals surface area contributed by atoms with Gasteiger partial charge in [-0.05, 0) is 37.6 Å². The molecule has 3 rings (SSSR count). The highest BCUT2D eigenvalue weighted by atomic mass is 32.2. The van der Waals surface area contributed by atoms with Crippen LogP contribution in [0.25, 0.3) is 10.9 Å². The van der Waals surface area contributed by atoms with Crippen molar-refractivity contribution in [1.82, 2.24) is 3.97 Å². The molecular weight excluding hydrogens is 326 g/mol. The molecule has 0 aliphatic carbocycles. The largest absolute Gasteiger partial charge is 0.465 e. The Balaban J connectivity index is 2.31. The van der Waals surface area contributed by atoms with E-state index in [1.165, 1.54) is 13.3 Å². The molecule has 0 amide bonds. The SMILES string of the molecule is COC(=O)c1cn(S(=O)(=O)c2ccc(C)cc2)c2cc(C)ccc12. The average Bonchev–Trinajstić information content (AvgIpc) is 2.94. The van der Waals surface area contributed by atoms with Crippen LogP contribution in [-0.4, -0.2) is 25.5 Å². The number of fused-ring (bicyclic) bond motifs is 1. The fourth-order valence-electron chi connectivity index (χ4n) is 2.60. The number of aryl methyl sites for hydroxylation is 2. The molecule has 0 N–H and O–H groups in total. The summed E-state index contributed by atoms with van der Waals surface area (Å²) < 4.78 is 31.9. The predicted molar refractivity (Wildman–Crippen MR) is 91.8 cm³/mol. The van der Waals surface area contributed by atoms with Gasteiger partial charge in [0.1, 0.15) is 0 Å². The summed E-state index contributed by atoms with van der Waals surface area (Å²) in [4.78, 5) is 12.2. The van der Waals surface area contributed by atoms with E-state index < -0.39 is 16.0 Å². The van der Waals surface area contributed by atoms with E-state index in [4.69, 9.17) is 4.74 Å². The van der Waals surface area contributed by atoms with Gasteiger partial charge in [-0.25, -0.2) is 17.2 Å². The molecule has 1 aromatic heterocycles. The molecule has 24 heavy (non-hydrogen) atoms. The van der Waals surface area contributed by atoms with Gasteiger partial charge < -0.3 is 4.74 Å². The summed E-state index contributed by atoms with van der Waals surface area (Å²) in [6, 6.07) is 11.9. The molecule has 1 heterocycles. The first kappa shape index (κ1) is 16.3. The van der Waals surface area contributed by atoms with Gasteiger partial charge in [0.15, 0.2) is 0 Å². The van der Waals surface area contributed by atoms with Crippen LogP contribution in [0.1, 0.15) is 21.5 Å². The maximum Gasteiger partial charge on any atom is 0.340 e. The van der Waals surface area contributed by atoms with Gasteiger partial charge in [-0.15, -0.1) is 0 Å². The molecule has 0 aliphatic rings. The summed E-state index contributed by atoms with van der Waals surface area (Å²) in [5.74, 6) is -0.568. The Morgan fingerprint density at radius 1 is 1.00 bits per heavy atom. The van der Waals surface area contributed by atoms with E-state index >= 15 is 0 Å². The number of methoxy groups -OCH3 is 1. The van der Waals surface area contributed by atoms with E-state index in [0.29, 0.717) is 10.9 Å². The standard InChI is InChI=1S/C18H17NO4S/c1-12-4-7-14(8-5-12)24(21,22)19-11-16(18(20)23-3)15-9-6-13(2)10-17(15)19/h4-11H,1-3H3. The normalized spacial score (nSPS) is 11.6. The number of hydrogen-bond donors (Lipinski definition) is 0. The molecule has 0 unspecified atom stereocenters. The lowest BCUT2D eigenvalue weighted by molar-refractivity contribution is 0.0603. The van der Waals surface area contributed by atoms with E-state index in [9.17, 15) is 13.2 Å². The second-order valence-corrected chi connectivity index (χ2v) is 7.48. The molecule has 0 spiro atoms. The Morgan fingerprint density at radius 2 is 1.62 bits per heavy atom. The number of rotatable bonds is 3. The van der Waals surface area contributed by atoms with Crippen molar-refractivity contribution in [3.63, 3.8) is 0 Å². The highest BCUT2D eigenvalue weighted by Crippen LogP contribution is 2.27. The van der Waals surface area contributed by atoms with Crippen LogP contribution in [0.2, 0.25) is 0 Å². The summed E-state index contributed by atoms with van der Waals surface area (Å²) in [5, 5.41) is 0.545. The molecule has 0 fully saturated rings. The Morgan fingerprint density at radius 3 is 2.25 bits per heavy atom. The Hall–Kier alpha value is -2.60. The topological polar surface area (TPSA) is 65.4 Å². The minimum absolute atomic E-state index is 0.169. The van der Waals surface area contributed by atoms with Crippen LogP contribution in [0.4, 0.5) is 0 Å². The smallest absolute Gasteiger partial charge is 0.340 e. The van der Waals surface area contributed by atoms with Crippen molar-refractivity contribution in [2.24, 2.45) is 0 Å². The molecular formula is C18H17NO4S. The molecule has 0 radical (unpaired) electrons. The second-order valence-electron chi connectivity index (χ2n) is 5.67. The number of esters is 1. The predicted octanol–water partition coefficient (Wildman–Crippen LogP) is 3.28. The number of nitrogens with zero attached hydrogens (tertiary/aromatic N) is 1. The number of carbonyl (C=O) groups is 1. The molecule has 0 saturated heterocycles. The molecule has 5 nitrogen and oxygen atoms in total. The van der Waals surface area contributed by atoms with Gasteiger partial charge in [0, 0.05) is 11.6 Å². The van der Waals surface area contributed by atoms with Crippen LogP contribution < -0.4 is 0 Å². The van der Waals surface area contributed by atoms with Gasteiger partial charge in [-0.2, -0.15) is 0 Å². The number of carbonyl (C=O) groups excluding carboxylic acids is 1. The summed E-state index contributed by atoms with van der Waals surface area (Å²) in [5.41, 5.74) is 2.55. The zero-order valence-electron chi connectivity index (χ0n) is 13.6. The first-order valence-corrected chi connectivity index (χ1v) is 8.81. The molecule has 0 bridgehead atoms. The zero-order valence-corrected chi connectivity index (χ0v) is 14.4. The molecule has 0 saturated carbocycles. The van der Waals surface area contributed by atoms with Crippen molar-refractivity contribution >= 4 is 26.9 Å². The average molecular weight is 343 g/mol. The van der Waals surface area contributed by atoms with Gasteiger partial charge in [0.05, 0.1) is 23.1 Å². The minimum Gasteiger partial charge on any atom is -0.465 e. The zero-order chi connectivity index (χ0) is 17.5. The number of ether oxygens (including phenoxy) is 1. The lowest BCUT2D eigenvalue weighted by Gasteiger charge is -2.08. The highest BCUT2D eigenvalue weighted by Gasteiger charge is 2.24. The highest BCUT2D eigenvalue weighted by molar-refractivity contribution is 7.90. The van der Waals surface area contributed by atoms with Gasteiger partial charge in [-0.1, -0.05) is 29.8 Å². The van der Waals surface area contributed by atoms with Gasteiger partial charge in [0.2, 0.25) is 0 Å². The molecule has 3 aromatic rings. The van der Waals surface area contributed by atoms with Crippen molar-refractivity contribution < 1.29 is 17.9 Å². The van der Waals surface area contributed by atoms with Gasteiger partial charge in [-0.3, -0.25) is 0 Å². The summed E-state index contributed by atoms with van der Waals surface area (Å²) in [7, 11) is -2.54. The Bertz CT molecular complexity index is 1030. The van der Waals surface area contributed by atoms with E-state index in [0.717, 1.165) is 15.1 Å². The number of benzene rings is 2. The minimum atomic E-state index is -3.81. The van der Waals surface area contributed by atoms with Crippen molar-refractivity contribution in [2.75, 3.05) is 7.11 Å². The third-order valence-electron chi connectivity index (χ3n) is 3.91. The second kappa shape index (κ2) is 5.79. The van der Waals surface area contributed by atoms with E-state index in [2.05, 4.69) is 0 Å². The lowest BCUT2D eigenvalue weighted by atomic mass is 10.1. The molecule has 6 heteroatoms. The van der Waals surface area contributed by atoms with Crippen molar-refractivity contribution in [1.29, 1.82) is 0 Å². The Kier molecular flexibility index (Phi) is 3.93. The van der Waals surface area contributed by atoms with E-state index in [-0.39, 0.29) is 10.5 Å². The van der Waals surface area contributed by atoms with Crippen LogP contribution in [-0.2, 0) is 14.8 Å². The summed E-state index contributed by atoms with van der Waals surface area (Å²) >= 11 is 0. The van der Waals surface area contributed by atoms with Crippen LogP contribution in [0.5, 0.6) is 0 Å². The van der Waals surface area contributed by atoms with Crippen molar-refractivity contribution in [2.45, 2.75) is 18.7 Å². The summed E-state index contributed by atoms with van der Waals surface area (Å²) in [6.07, 6.45) is 1.32. The molecule has 0 aliphatic heterocycles. The third kappa shape index (κ3) is 2.59. The van der Waals surface area contributed by atoms with Gasteiger partial charge >= 0.3 is 5.97 Å². The van der Waals surface area contributed by atoms with Crippen LogP contribution in [0.3, 0.4) is 0 Å². The molecule has 124 valence electrons. The molecule has 2 aromatic carbocycles. The number of aromatic nitrogens is 1. The monoisotopic (exact) mass is 343 g/mol.